The van der Waals surface area contributed by atoms with E-state index in [4.69, 9.17) is 11.6 Å². The minimum absolute atomic E-state index is 0.119. The third-order valence-corrected chi connectivity index (χ3v) is 6.14. The molecule has 2 fully saturated rings. The Hall–Kier alpha value is -1.87. The molecule has 142 valence electrons. The van der Waals surface area contributed by atoms with Crippen molar-refractivity contribution in [1.29, 1.82) is 0 Å². The van der Waals surface area contributed by atoms with Gasteiger partial charge in [-0.3, -0.25) is 4.79 Å². The van der Waals surface area contributed by atoms with Gasteiger partial charge in [-0.15, -0.1) is 0 Å². The van der Waals surface area contributed by atoms with Gasteiger partial charge in [0.05, 0.1) is 11.6 Å². The Labute approximate surface area is 165 Å². The molecule has 4 rings (SSSR count). The molecule has 4 heteroatoms. The molecule has 2 aromatic carbocycles. The van der Waals surface area contributed by atoms with Crippen molar-refractivity contribution in [2.24, 2.45) is 11.8 Å². The first-order valence-electron chi connectivity index (χ1n) is 9.95. The largest absolute Gasteiger partial charge is 0.323 e. The standard InChI is InChI=1S/C23H25ClFNO/c24-19-10-8-18(9-11-19)22(17-3-1-2-4-17)23(27)26-21-14-16(7-12-20(21)25)13-15-5-6-15/h7-12,14-15,17,22H,1-6,13H2,(H,26,27)/t22-/m0/s1. The minimum atomic E-state index is -0.371. The van der Waals surface area contributed by atoms with Crippen LogP contribution in [0.5, 0.6) is 0 Å². The monoisotopic (exact) mass is 385 g/mol. The van der Waals surface area contributed by atoms with Gasteiger partial charge in [-0.05, 0) is 79.3 Å². The maximum atomic E-state index is 14.3. The molecule has 1 amide bonds. The fourth-order valence-corrected chi connectivity index (χ4v) is 4.39. The molecule has 2 aliphatic carbocycles. The summed E-state index contributed by atoms with van der Waals surface area (Å²) in [6, 6.07) is 12.6. The molecule has 2 aliphatic rings. The van der Waals surface area contributed by atoms with Gasteiger partial charge in [-0.25, -0.2) is 4.39 Å². The quantitative estimate of drug-likeness (QED) is 0.617. The summed E-state index contributed by atoms with van der Waals surface area (Å²) in [5.41, 5.74) is 2.35. The number of carbonyl (C=O) groups excluding carboxylic acids is 1. The van der Waals surface area contributed by atoms with Crippen LogP contribution in [0.15, 0.2) is 42.5 Å². The molecule has 0 aromatic heterocycles. The van der Waals surface area contributed by atoms with Crippen LogP contribution in [-0.2, 0) is 11.2 Å². The average Bonchev–Trinajstić information content (AvgIpc) is 3.31. The molecule has 0 saturated heterocycles. The van der Waals surface area contributed by atoms with Crippen LogP contribution in [-0.4, -0.2) is 5.91 Å². The molecule has 0 unspecified atom stereocenters. The van der Waals surface area contributed by atoms with E-state index in [0.29, 0.717) is 16.6 Å². The highest BCUT2D eigenvalue weighted by atomic mass is 35.5. The second-order valence-electron chi connectivity index (χ2n) is 8.02. The predicted octanol–water partition coefficient (Wildman–Crippen LogP) is 6.34. The lowest BCUT2D eigenvalue weighted by Gasteiger charge is -2.23. The molecule has 1 atom stereocenters. The van der Waals surface area contributed by atoms with Gasteiger partial charge in [0.15, 0.2) is 0 Å². The number of amides is 1. The Morgan fingerprint density at radius 3 is 2.44 bits per heavy atom. The number of rotatable bonds is 6. The maximum Gasteiger partial charge on any atom is 0.232 e. The summed E-state index contributed by atoms with van der Waals surface area (Å²) >= 11 is 6.02. The van der Waals surface area contributed by atoms with E-state index in [1.807, 2.05) is 30.3 Å². The van der Waals surface area contributed by atoms with Crippen LogP contribution in [0.25, 0.3) is 0 Å². The van der Waals surface area contributed by atoms with Crippen LogP contribution in [0.2, 0.25) is 5.02 Å². The van der Waals surface area contributed by atoms with E-state index in [2.05, 4.69) is 5.32 Å². The Morgan fingerprint density at radius 1 is 1.07 bits per heavy atom. The van der Waals surface area contributed by atoms with Crippen molar-refractivity contribution in [3.05, 3.63) is 64.4 Å². The van der Waals surface area contributed by atoms with E-state index in [1.165, 1.54) is 18.9 Å². The summed E-state index contributed by atoms with van der Waals surface area (Å²) in [6.07, 6.45) is 7.82. The third-order valence-electron chi connectivity index (χ3n) is 5.89. The lowest BCUT2D eigenvalue weighted by Crippen LogP contribution is -2.27. The molecule has 0 spiro atoms. The number of carbonyl (C=O) groups is 1. The van der Waals surface area contributed by atoms with E-state index in [-0.39, 0.29) is 17.6 Å². The second-order valence-corrected chi connectivity index (χ2v) is 8.46. The first kappa shape index (κ1) is 18.5. The van der Waals surface area contributed by atoms with Gasteiger partial charge in [0.2, 0.25) is 5.91 Å². The molecule has 0 radical (unpaired) electrons. The average molecular weight is 386 g/mol. The zero-order chi connectivity index (χ0) is 18.8. The maximum absolute atomic E-state index is 14.3. The van der Waals surface area contributed by atoms with E-state index in [1.54, 1.807) is 6.07 Å². The van der Waals surface area contributed by atoms with Crippen molar-refractivity contribution in [3.63, 3.8) is 0 Å². The minimum Gasteiger partial charge on any atom is -0.323 e. The number of halogens is 2. The molecular formula is C23H25ClFNO. The molecule has 0 aliphatic heterocycles. The van der Waals surface area contributed by atoms with E-state index < -0.39 is 0 Å². The van der Waals surface area contributed by atoms with Crippen molar-refractivity contribution < 1.29 is 9.18 Å². The van der Waals surface area contributed by atoms with Crippen LogP contribution >= 0.6 is 11.6 Å². The number of hydrogen-bond donors (Lipinski definition) is 1. The summed E-state index contributed by atoms with van der Waals surface area (Å²) < 4.78 is 14.3. The van der Waals surface area contributed by atoms with Gasteiger partial charge in [-0.1, -0.05) is 42.6 Å². The third kappa shape index (κ3) is 4.52. The van der Waals surface area contributed by atoms with Crippen LogP contribution in [0.3, 0.4) is 0 Å². The summed E-state index contributed by atoms with van der Waals surface area (Å²) in [7, 11) is 0. The van der Waals surface area contributed by atoms with Gasteiger partial charge in [-0.2, -0.15) is 0 Å². The molecule has 2 saturated carbocycles. The Morgan fingerprint density at radius 2 is 1.78 bits per heavy atom. The number of benzene rings is 2. The highest BCUT2D eigenvalue weighted by molar-refractivity contribution is 6.30. The zero-order valence-corrected chi connectivity index (χ0v) is 16.1. The van der Waals surface area contributed by atoms with Crippen molar-refractivity contribution in [2.75, 3.05) is 5.32 Å². The van der Waals surface area contributed by atoms with Crippen LogP contribution in [0, 0.1) is 17.7 Å². The normalized spacial score (nSPS) is 18.4. The fourth-order valence-electron chi connectivity index (χ4n) is 4.26. The number of hydrogen-bond acceptors (Lipinski definition) is 1. The van der Waals surface area contributed by atoms with Crippen molar-refractivity contribution in [2.45, 2.75) is 50.9 Å². The molecular weight excluding hydrogens is 361 g/mol. The molecule has 0 bridgehead atoms. The van der Waals surface area contributed by atoms with Crippen LogP contribution in [0.1, 0.15) is 55.6 Å². The second kappa shape index (κ2) is 8.02. The van der Waals surface area contributed by atoms with Gasteiger partial charge in [0, 0.05) is 5.02 Å². The highest BCUT2D eigenvalue weighted by Crippen LogP contribution is 2.39. The van der Waals surface area contributed by atoms with Gasteiger partial charge >= 0.3 is 0 Å². The molecule has 2 aromatic rings. The zero-order valence-electron chi connectivity index (χ0n) is 15.4. The smallest absolute Gasteiger partial charge is 0.232 e. The summed E-state index contributed by atoms with van der Waals surface area (Å²) in [4.78, 5) is 13.2. The fraction of sp³-hybridized carbons (Fsp3) is 0.435. The number of nitrogens with one attached hydrogen (secondary N) is 1. The lowest BCUT2D eigenvalue weighted by atomic mass is 9.84. The first-order valence-corrected chi connectivity index (χ1v) is 10.3. The Balaban J connectivity index is 1.57. The highest BCUT2D eigenvalue weighted by Gasteiger charge is 2.32. The number of anilines is 1. The van der Waals surface area contributed by atoms with Crippen molar-refractivity contribution in [1.82, 2.24) is 0 Å². The molecule has 27 heavy (non-hydrogen) atoms. The van der Waals surface area contributed by atoms with E-state index in [9.17, 15) is 9.18 Å². The van der Waals surface area contributed by atoms with Gasteiger partial charge in [0.25, 0.3) is 0 Å². The Bertz CT molecular complexity index is 810. The van der Waals surface area contributed by atoms with Crippen molar-refractivity contribution >= 4 is 23.2 Å². The Kier molecular flexibility index (Phi) is 5.49. The molecule has 1 N–H and O–H groups in total. The molecule has 2 nitrogen and oxygen atoms in total. The summed E-state index contributed by atoms with van der Waals surface area (Å²) in [5, 5.41) is 3.54. The van der Waals surface area contributed by atoms with Gasteiger partial charge < -0.3 is 5.32 Å². The van der Waals surface area contributed by atoms with E-state index >= 15 is 0 Å². The van der Waals surface area contributed by atoms with E-state index in [0.717, 1.165) is 49.1 Å². The molecule has 0 heterocycles. The predicted molar refractivity (Wildman–Crippen MR) is 108 cm³/mol. The topological polar surface area (TPSA) is 29.1 Å². The van der Waals surface area contributed by atoms with Crippen LogP contribution < -0.4 is 5.32 Å². The summed E-state index contributed by atoms with van der Waals surface area (Å²) in [6.45, 7) is 0. The van der Waals surface area contributed by atoms with Gasteiger partial charge in [0.1, 0.15) is 5.82 Å². The lowest BCUT2D eigenvalue weighted by molar-refractivity contribution is -0.118. The summed E-state index contributed by atoms with van der Waals surface area (Å²) in [5.74, 6) is 0.260. The van der Waals surface area contributed by atoms with Crippen molar-refractivity contribution in [3.8, 4) is 0 Å². The first-order chi connectivity index (χ1) is 13.1. The van der Waals surface area contributed by atoms with Crippen LogP contribution in [0.4, 0.5) is 10.1 Å². The SMILES string of the molecule is O=C(Nc1cc(CC2CC2)ccc1F)[C@H](c1ccc(Cl)cc1)C1CCCC1.